The van der Waals surface area contributed by atoms with Gasteiger partial charge in [0, 0.05) is 23.7 Å². The Bertz CT molecular complexity index is 1020. The van der Waals surface area contributed by atoms with Crippen LogP contribution < -0.4 is 10.1 Å². The molecule has 0 saturated heterocycles. The van der Waals surface area contributed by atoms with Crippen molar-refractivity contribution in [2.75, 3.05) is 7.11 Å². The van der Waals surface area contributed by atoms with Crippen LogP contribution in [0.4, 0.5) is 0 Å². The minimum absolute atomic E-state index is 0.0311. The number of hydrogen-bond donors (Lipinski definition) is 1. The van der Waals surface area contributed by atoms with Gasteiger partial charge in [-0.1, -0.05) is 30.3 Å². The number of methoxy groups -OCH3 is 1. The van der Waals surface area contributed by atoms with E-state index in [-0.39, 0.29) is 18.2 Å². The van der Waals surface area contributed by atoms with Gasteiger partial charge in [-0.25, -0.2) is 0 Å². The number of nitrogens with one attached hydrogen (secondary N) is 1. The average Bonchev–Trinajstić information content (AvgIpc) is 3.45. The second-order valence-corrected chi connectivity index (χ2v) is 7.76. The van der Waals surface area contributed by atoms with Crippen LogP contribution in [-0.4, -0.2) is 29.9 Å². The number of rotatable bonds is 9. The SMILES string of the molecule is COc1ccccc1CC(=O)N(Cc1ccc(C(=O)NC2CC2)cc1)Cc1ccco1. The molecule has 1 aliphatic carbocycles. The van der Waals surface area contributed by atoms with Crippen LogP contribution in [-0.2, 0) is 24.3 Å². The molecule has 1 N–H and O–H groups in total. The van der Waals surface area contributed by atoms with Gasteiger partial charge >= 0.3 is 0 Å². The molecule has 2 aromatic carbocycles. The number of hydrogen-bond acceptors (Lipinski definition) is 4. The lowest BCUT2D eigenvalue weighted by molar-refractivity contribution is -0.132. The first kappa shape index (κ1) is 20.7. The highest BCUT2D eigenvalue weighted by Gasteiger charge is 2.24. The molecule has 1 heterocycles. The van der Waals surface area contributed by atoms with E-state index in [1.165, 1.54) is 0 Å². The van der Waals surface area contributed by atoms with E-state index in [1.54, 1.807) is 18.3 Å². The molecule has 6 heteroatoms. The molecule has 0 radical (unpaired) electrons. The summed E-state index contributed by atoms with van der Waals surface area (Å²) in [5, 5.41) is 2.99. The minimum Gasteiger partial charge on any atom is -0.496 e. The van der Waals surface area contributed by atoms with E-state index in [9.17, 15) is 9.59 Å². The summed E-state index contributed by atoms with van der Waals surface area (Å²) >= 11 is 0. The van der Waals surface area contributed by atoms with Gasteiger partial charge in [0.05, 0.1) is 26.3 Å². The van der Waals surface area contributed by atoms with Gasteiger partial charge in [0.1, 0.15) is 11.5 Å². The first-order chi connectivity index (χ1) is 15.1. The zero-order valence-corrected chi connectivity index (χ0v) is 17.5. The molecule has 1 saturated carbocycles. The molecule has 0 spiro atoms. The lowest BCUT2D eigenvalue weighted by atomic mass is 10.1. The van der Waals surface area contributed by atoms with Crippen LogP contribution in [0.3, 0.4) is 0 Å². The number of ether oxygens (including phenoxy) is 1. The number of para-hydroxylation sites is 1. The highest BCUT2D eigenvalue weighted by molar-refractivity contribution is 5.94. The molecular weight excluding hydrogens is 392 g/mol. The predicted molar refractivity (Wildman–Crippen MR) is 117 cm³/mol. The van der Waals surface area contributed by atoms with Gasteiger partial charge in [0.25, 0.3) is 5.91 Å². The van der Waals surface area contributed by atoms with Crippen LogP contribution in [0.1, 0.15) is 40.1 Å². The van der Waals surface area contributed by atoms with Crippen LogP contribution in [0, 0.1) is 0 Å². The van der Waals surface area contributed by atoms with Crippen molar-refractivity contribution in [3.63, 3.8) is 0 Å². The summed E-state index contributed by atoms with van der Waals surface area (Å²) in [6, 6.07) is 18.9. The number of carbonyl (C=O) groups is 2. The maximum absolute atomic E-state index is 13.2. The Labute approximate surface area is 181 Å². The molecule has 1 fully saturated rings. The Morgan fingerprint density at radius 1 is 1.03 bits per heavy atom. The van der Waals surface area contributed by atoms with Gasteiger partial charge in [0.15, 0.2) is 0 Å². The lowest BCUT2D eigenvalue weighted by Crippen LogP contribution is -2.31. The predicted octanol–water partition coefficient (Wildman–Crippen LogP) is 3.95. The normalized spacial score (nSPS) is 12.9. The first-order valence-electron chi connectivity index (χ1n) is 10.4. The molecule has 0 bridgehead atoms. The Balaban J connectivity index is 1.48. The summed E-state index contributed by atoms with van der Waals surface area (Å²) in [4.78, 5) is 27.1. The Hall–Kier alpha value is -3.54. The molecule has 1 aliphatic rings. The van der Waals surface area contributed by atoms with Crippen molar-refractivity contribution in [3.8, 4) is 5.75 Å². The van der Waals surface area contributed by atoms with Crippen molar-refractivity contribution in [1.82, 2.24) is 10.2 Å². The van der Waals surface area contributed by atoms with Gasteiger partial charge in [-0.15, -0.1) is 0 Å². The fourth-order valence-corrected chi connectivity index (χ4v) is 3.42. The number of nitrogens with zero attached hydrogens (tertiary/aromatic N) is 1. The van der Waals surface area contributed by atoms with Crippen molar-refractivity contribution >= 4 is 11.8 Å². The monoisotopic (exact) mass is 418 g/mol. The third-order valence-electron chi connectivity index (χ3n) is 5.32. The van der Waals surface area contributed by atoms with E-state index in [0.29, 0.717) is 36.2 Å². The van der Waals surface area contributed by atoms with Crippen LogP contribution in [0.15, 0.2) is 71.3 Å². The molecule has 0 atom stereocenters. The minimum atomic E-state index is -0.0475. The van der Waals surface area contributed by atoms with Gasteiger partial charge in [-0.2, -0.15) is 0 Å². The van der Waals surface area contributed by atoms with E-state index in [4.69, 9.17) is 9.15 Å². The molecule has 0 unspecified atom stereocenters. The summed E-state index contributed by atoms with van der Waals surface area (Å²) in [7, 11) is 1.60. The molecule has 0 aliphatic heterocycles. The van der Waals surface area contributed by atoms with Crippen LogP contribution in [0.25, 0.3) is 0 Å². The van der Waals surface area contributed by atoms with Crippen molar-refractivity contribution in [2.45, 2.75) is 38.4 Å². The maximum atomic E-state index is 13.2. The van der Waals surface area contributed by atoms with E-state index in [0.717, 1.165) is 24.0 Å². The van der Waals surface area contributed by atoms with Crippen molar-refractivity contribution in [1.29, 1.82) is 0 Å². The van der Waals surface area contributed by atoms with E-state index in [1.807, 2.05) is 60.7 Å². The van der Waals surface area contributed by atoms with Crippen LogP contribution in [0.2, 0.25) is 0 Å². The van der Waals surface area contributed by atoms with E-state index in [2.05, 4.69) is 5.32 Å². The standard InChI is InChI=1S/C25H26N2O4/c1-30-23-7-3-2-5-20(23)15-24(28)27(17-22-6-4-14-31-22)16-18-8-10-19(11-9-18)25(29)26-21-12-13-21/h2-11,14,21H,12-13,15-17H2,1H3,(H,26,29). The first-order valence-corrected chi connectivity index (χ1v) is 10.4. The molecule has 3 aromatic rings. The van der Waals surface area contributed by atoms with Crippen molar-refractivity contribution < 1.29 is 18.7 Å². The summed E-state index contributed by atoms with van der Waals surface area (Å²) in [5.74, 6) is 1.33. The second-order valence-electron chi connectivity index (χ2n) is 7.76. The highest BCUT2D eigenvalue weighted by atomic mass is 16.5. The van der Waals surface area contributed by atoms with E-state index >= 15 is 0 Å². The third kappa shape index (κ3) is 5.54. The molecular formula is C25H26N2O4. The summed E-state index contributed by atoms with van der Waals surface area (Å²) in [5.41, 5.74) is 2.42. The van der Waals surface area contributed by atoms with Crippen LogP contribution in [0.5, 0.6) is 5.75 Å². The number of benzene rings is 2. The summed E-state index contributed by atoms with van der Waals surface area (Å²) in [6.07, 6.45) is 3.94. The maximum Gasteiger partial charge on any atom is 0.251 e. The Morgan fingerprint density at radius 2 is 1.81 bits per heavy atom. The summed E-state index contributed by atoms with van der Waals surface area (Å²) in [6.45, 7) is 0.782. The average molecular weight is 418 g/mol. The zero-order chi connectivity index (χ0) is 21.6. The lowest BCUT2D eigenvalue weighted by Gasteiger charge is -2.22. The fraction of sp³-hybridized carbons (Fsp3) is 0.280. The van der Waals surface area contributed by atoms with Gasteiger partial charge in [-0.3, -0.25) is 9.59 Å². The zero-order valence-electron chi connectivity index (χ0n) is 17.5. The number of furan rings is 1. The second kappa shape index (κ2) is 9.51. The molecule has 31 heavy (non-hydrogen) atoms. The van der Waals surface area contributed by atoms with Crippen molar-refractivity contribution in [2.24, 2.45) is 0 Å². The molecule has 2 amide bonds. The summed E-state index contributed by atoms with van der Waals surface area (Å²) < 4.78 is 10.9. The smallest absolute Gasteiger partial charge is 0.251 e. The third-order valence-corrected chi connectivity index (χ3v) is 5.32. The Morgan fingerprint density at radius 3 is 2.48 bits per heavy atom. The van der Waals surface area contributed by atoms with E-state index < -0.39 is 0 Å². The number of carbonyl (C=O) groups excluding carboxylic acids is 2. The van der Waals surface area contributed by atoms with Crippen molar-refractivity contribution in [3.05, 3.63) is 89.4 Å². The number of amides is 2. The quantitative estimate of drug-likeness (QED) is 0.571. The largest absolute Gasteiger partial charge is 0.496 e. The van der Waals surface area contributed by atoms with Crippen LogP contribution >= 0.6 is 0 Å². The molecule has 1 aromatic heterocycles. The molecule has 6 nitrogen and oxygen atoms in total. The molecule has 160 valence electrons. The van der Waals surface area contributed by atoms with Gasteiger partial charge in [-0.05, 0) is 48.7 Å². The Kier molecular flexibility index (Phi) is 6.36. The molecule has 4 rings (SSSR count). The van der Waals surface area contributed by atoms with Gasteiger partial charge < -0.3 is 19.4 Å². The van der Waals surface area contributed by atoms with Gasteiger partial charge in [0.2, 0.25) is 5.91 Å². The fourth-order valence-electron chi connectivity index (χ4n) is 3.42. The highest BCUT2D eigenvalue weighted by Crippen LogP contribution is 2.21. The topological polar surface area (TPSA) is 71.8 Å².